The van der Waals surface area contributed by atoms with Gasteiger partial charge in [-0.1, -0.05) is 41.0 Å². The number of alkyl halides is 3. The molecule has 158 valence electrons. The van der Waals surface area contributed by atoms with Crippen molar-refractivity contribution in [1.29, 1.82) is 0 Å². The monoisotopic (exact) mass is 477 g/mol. The first-order chi connectivity index (χ1) is 14.1. The first-order valence-corrected chi connectivity index (χ1v) is 10.1. The molecule has 0 bridgehead atoms. The average Bonchev–Trinajstić information content (AvgIpc) is 2.98. The lowest BCUT2D eigenvalue weighted by Crippen LogP contribution is -2.50. The van der Waals surface area contributed by atoms with Crippen LogP contribution in [0.4, 0.5) is 28.9 Å². The van der Waals surface area contributed by atoms with Crippen molar-refractivity contribution in [3.05, 3.63) is 68.6 Å². The molecule has 5 nitrogen and oxygen atoms in total. The van der Waals surface area contributed by atoms with Gasteiger partial charge in [0, 0.05) is 5.69 Å². The van der Waals surface area contributed by atoms with Gasteiger partial charge >= 0.3 is 6.18 Å². The Morgan fingerprint density at radius 3 is 2.33 bits per heavy atom. The van der Waals surface area contributed by atoms with Crippen LogP contribution in [0.15, 0.2) is 52.1 Å². The van der Waals surface area contributed by atoms with Crippen molar-refractivity contribution >= 4 is 52.7 Å². The second-order valence-electron chi connectivity index (χ2n) is 6.40. The quantitative estimate of drug-likeness (QED) is 0.598. The molecular weight excluding hydrogens is 465 g/mol. The molecule has 2 aromatic rings. The van der Waals surface area contributed by atoms with Crippen molar-refractivity contribution in [2.24, 2.45) is 16.5 Å². The summed E-state index contributed by atoms with van der Waals surface area (Å²) in [6.07, 6.45) is -4.41. The van der Waals surface area contributed by atoms with Crippen molar-refractivity contribution < 1.29 is 17.6 Å². The fourth-order valence-corrected chi connectivity index (χ4v) is 4.82. The SMILES string of the molecule is NC1C2=C(N=CN1c1ccc(C(F)(F)F)c(F)c1)SC(N)N2c1c(Cl)cccc1Cl. The van der Waals surface area contributed by atoms with Crippen LogP contribution >= 0.6 is 35.0 Å². The number of hydrogen-bond donors (Lipinski definition) is 2. The highest BCUT2D eigenvalue weighted by Gasteiger charge is 2.41. The molecule has 12 heteroatoms. The Kier molecular flexibility index (Phi) is 5.39. The van der Waals surface area contributed by atoms with E-state index in [4.69, 9.17) is 34.7 Å². The van der Waals surface area contributed by atoms with Crippen molar-refractivity contribution in [2.45, 2.75) is 17.8 Å². The van der Waals surface area contributed by atoms with Crippen LogP contribution in [0.3, 0.4) is 0 Å². The van der Waals surface area contributed by atoms with E-state index in [9.17, 15) is 17.6 Å². The van der Waals surface area contributed by atoms with Crippen LogP contribution in [0.2, 0.25) is 10.0 Å². The summed E-state index contributed by atoms with van der Waals surface area (Å²) < 4.78 is 52.7. The van der Waals surface area contributed by atoms with Crippen molar-refractivity contribution in [3.8, 4) is 0 Å². The maximum atomic E-state index is 14.1. The van der Waals surface area contributed by atoms with Gasteiger partial charge in [0.15, 0.2) is 0 Å². The van der Waals surface area contributed by atoms with Crippen LogP contribution in [0, 0.1) is 5.82 Å². The predicted octanol–water partition coefficient (Wildman–Crippen LogP) is 4.95. The molecule has 4 N–H and O–H groups in total. The van der Waals surface area contributed by atoms with Gasteiger partial charge in [-0.2, -0.15) is 13.2 Å². The summed E-state index contributed by atoms with van der Waals surface area (Å²) in [4.78, 5) is 7.27. The van der Waals surface area contributed by atoms with E-state index in [0.717, 1.165) is 12.1 Å². The number of rotatable bonds is 2. The van der Waals surface area contributed by atoms with Gasteiger partial charge in [0.05, 0.1) is 33.3 Å². The first kappa shape index (κ1) is 21.3. The zero-order valence-corrected chi connectivity index (χ0v) is 17.2. The molecule has 2 unspecified atom stereocenters. The number of nitrogens with zero attached hydrogens (tertiary/aromatic N) is 3. The summed E-state index contributed by atoms with van der Waals surface area (Å²) >= 11 is 13.9. The number of hydrogen-bond acceptors (Lipinski definition) is 6. The molecule has 0 saturated carbocycles. The number of nitrogens with two attached hydrogens (primary N) is 2. The molecule has 2 heterocycles. The molecule has 0 amide bonds. The molecule has 2 atom stereocenters. The Bertz CT molecular complexity index is 1050. The maximum Gasteiger partial charge on any atom is 0.419 e. The fraction of sp³-hybridized carbons (Fsp3) is 0.167. The normalized spacial score (nSPS) is 21.5. The molecule has 0 fully saturated rings. The Labute approximate surface area is 182 Å². The van der Waals surface area contributed by atoms with Gasteiger partial charge in [-0.25, -0.2) is 9.38 Å². The molecule has 2 aliphatic heterocycles. The number of halogens is 6. The smallest absolute Gasteiger partial charge is 0.311 e. The molecular formula is C18H13Cl2F4N5S. The topological polar surface area (TPSA) is 70.9 Å². The van der Waals surface area contributed by atoms with E-state index in [1.54, 1.807) is 23.1 Å². The van der Waals surface area contributed by atoms with Crippen molar-refractivity contribution in [2.75, 3.05) is 9.80 Å². The maximum absolute atomic E-state index is 14.1. The minimum atomic E-state index is -4.80. The second-order valence-corrected chi connectivity index (χ2v) is 8.32. The van der Waals surface area contributed by atoms with Crippen molar-refractivity contribution in [1.82, 2.24) is 0 Å². The zero-order chi connectivity index (χ0) is 21.8. The van der Waals surface area contributed by atoms with E-state index in [1.165, 1.54) is 23.0 Å². The summed E-state index contributed by atoms with van der Waals surface area (Å²) in [5, 5.41) is 1.18. The van der Waals surface area contributed by atoms with Crippen LogP contribution < -0.4 is 21.3 Å². The molecule has 0 aliphatic carbocycles. The van der Waals surface area contributed by atoms with Gasteiger partial charge in [-0.3, -0.25) is 0 Å². The van der Waals surface area contributed by atoms with E-state index in [2.05, 4.69) is 4.99 Å². The Morgan fingerprint density at radius 2 is 1.73 bits per heavy atom. The van der Waals surface area contributed by atoms with Crippen LogP contribution in [0.1, 0.15) is 5.56 Å². The first-order valence-electron chi connectivity index (χ1n) is 8.44. The lowest BCUT2D eigenvalue weighted by Gasteiger charge is -2.36. The number of anilines is 2. The lowest BCUT2D eigenvalue weighted by molar-refractivity contribution is -0.139. The third-order valence-electron chi connectivity index (χ3n) is 4.58. The molecule has 0 saturated heterocycles. The molecule has 2 aliphatic rings. The Balaban J connectivity index is 1.73. The number of para-hydroxylation sites is 1. The summed E-state index contributed by atoms with van der Waals surface area (Å²) in [6, 6.07) is 7.49. The summed E-state index contributed by atoms with van der Waals surface area (Å²) in [5.74, 6) is -1.41. The van der Waals surface area contributed by atoms with E-state index in [0.29, 0.717) is 32.5 Å². The van der Waals surface area contributed by atoms with Gasteiger partial charge in [0.2, 0.25) is 0 Å². The molecule has 0 aromatic heterocycles. The van der Waals surface area contributed by atoms with E-state index in [-0.39, 0.29) is 5.69 Å². The second kappa shape index (κ2) is 7.61. The predicted molar refractivity (Wildman–Crippen MR) is 112 cm³/mol. The Morgan fingerprint density at radius 1 is 1.07 bits per heavy atom. The van der Waals surface area contributed by atoms with Crippen LogP contribution in [0.25, 0.3) is 0 Å². The fourth-order valence-electron chi connectivity index (χ4n) is 3.24. The van der Waals surface area contributed by atoms with Gasteiger partial charge in [-0.15, -0.1) is 0 Å². The minimum absolute atomic E-state index is 0.0963. The van der Waals surface area contributed by atoms with E-state index >= 15 is 0 Å². The summed E-state index contributed by atoms with van der Waals surface area (Å²) in [5.41, 5.74) is 11.6. The highest BCUT2D eigenvalue weighted by molar-refractivity contribution is 8.04. The average molecular weight is 478 g/mol. The summed E-state index contributed by atoms with van der Waals surface area (Å²) in [7, 11) is 0. The standard InChI is InChI=1S/C18H13Cl2F4N5S/c19-10-2-1-3-11(20)13(10)29-14-15(25)28(7-27-16(14)30-17(29)26)8-4-5-9(12(21)6-8)18(22,23)24/h1-7,15,17H,25-26H2. The number of benzene rings is 2. The van der Waals surface area contributed by atoms with Crippen LogP contribution in [0.5, 0.6) is 0 Å². The van der Waals surface area contributed by atoms with E-state index in [1.807, 2.05) is 0 Å². The molecule has 2 aromatic carbocycles. The van der Waals surface area contributed by atoms with Gasteiger partial charge in [-0.05, 0) is 30.3 Å². The number of thioether (sulfide) groups is 1. The van der Waals surface area contributed by atoms with Crippen LogP contribution in [-0.4, -0.2) is 18.0 Å². The Hall–Kier alpha value is -1.98. The summed E-state index contributed by atoms with van der Waals surface area (Å²) in [6.45, 7) is 0. The number of aliphatic imine (C=N–C) groups is 1. The molecule has 0 radical (unpaired) electrons. The van der Waals surface area contributed by atoms with Gasteiger partial charge < -0.3 is 21.3 Å². The molecule has 0 spiro atoms. The van der Waals surface area contributed by atoms with E-state index < -0.39 is 29.2 Å². The third kappa shape index (κ3) is 3.52. The van der Waals surface area contributed by atoms with Gasteiger partial charge in [0.25, 0.3) is 0 Å². The van der Waals surface area contributed by atoms with Crippen LogP contribution in [-0.2, 0) is 6.18 Å². The molecule has 4 rings (SSSR count). The van der Waals surface area contributed by atoms with Crippen molar-refractivity contribution in [3.63, 3.8) is 0 Å². The zero-order valence-electron chi connectivity index (χ0n) is 14.9. The molecule has 30 heavy (non-hydrogen) atoms. The third-order valence-corrected chi connectivity index (χ3v) is 6.18. The largest absolute Gasteiger partial charge is 0.419 e. The highest BCUT2D eigenvalue weighted by Crippen LogP contribution is 2.47. The lowest BCUT2D eigenvalue weighted by atomic mass is 10.1. The highest BCUT2D eigenvalue weighted by atomic mass is 35.5. The van der Waals surface area contributed by atoms with Gasteiger partial charge in [0.1, 0.15) is 22.5 Å². The minimum Gasteiger partial charge on any atom is -0.311 e.